The Morgan fingerprint density at radius 2 is 0.625 bits per heavy atom. The molecule has 0 aliphatic rings. The van der Waals surface area contributed by atoms with E-state index < -0.39 is 6.10 Å². The van der Waals surface area contributed by atoms with Crippen LogP contribution in [0, 0.1) is 0 Å². The van der Waals surface area contributed by atoms with Crippen LogP contribution in [0.4, 0.5) is 0 Å². The molecule has 0 aliphatic heterocycles. The molecule has 0 radical (unpaired) electrons. The lowest BCUT2D eigenvalue weighted by Gasteiger charge is -2.18. The molecule has 1 unspecified atom stereocenters. The van der Waals surface area contributed by atoms with Crippen molar-refractivity contribution in [2.45, 2.75) is 252 Å². The highest BCUT2D eigenvalue weighted by atomic mass is 16.6. The molecule has 0 aromatic heterocycles. The summed E-state index contributed by atoms with van der Waals surface area (Å²) in [6.45, 7) is 6.43. The normalized spacial score (nSPS) is 12.7. The van der Waals surface area contributed by atoms with Gasteiger partial charge in [0.2, 0.25) is 0 Å². The summed E-state index contributed by atoms with van der Waals surface area (Å²) in [5, 5.41) is 0. The van der Waals surface area contributed by atoms with Crippen molar-refractivity contribution >= 4 is 17.9 Å². The van der Waals surface area contributed by atoms with E-state index in [1.807, 2.05) is 0 Å². The van der Waals surface area contributed by atoms with E-state index in [4.69, 9.17) is 14.2 Å². The highest BCUT2D eigenvalue weighted by molar-refractivity contribution is 5.71. The highest BCUT2D eigenvalue weighted by Crippen LogP contribution is 2.15. The predicted octanol–water partition coefficient (Wildman–Crippen LogP) is 17.6. The Bertz CT molecular complexity index is 1250. The third-order valence-electron chi connectivity index (χ3n) is 11.1. The SMILES string of the molecule is CC/C=C\C/C=C\C/C=C\CCCCCCC(=O)OCC(COC(=O)CCC/C=C\C/C=C\C/C=C\C/C=C\CCCCC)OC(=O)CCCCCCCCCCCCCCCCC. The van der Waals surface area contributed by atoms with Crippen LogP contribution in [-0.4, -0.2) is 37.2 Å². The minimum atomic E-state index is -0.806. The van der Waals surface area contributed by atoms with Crippen molar-refractivity contribution in [3.05, 3.63) is 85.1 Å². The third kappa shape index (κ3) is 49.6. The molecule has 6 nitrogen and oxygen atoms in total. The molecule has 0 spiro atoms. The molecular formula is C58H98O6. The van der Waals surface area contributed by atoms with Gasteiger partial charge in [-0.25, -0.2) is 0 Å². The molecule has 0 N–H and O–H groups in total. The average Bonchev–Trinajstić information content (AvgIpc) is 3.29. The molecule has 366 valence electrons. The van der Waals surface area contributed by atoms with E-state index in [0.29, 0.717) is 19.3 Å². The van der Waals surface area contributed by atoms with E-state index in [0.717, 1.165) is 96.3 Å². The molecule has 0 aromatic rings. The Morgan fingerprint density at radius 3 is 1.05 bits per heavy atom. The van der Waals surface area contributed by atoms with Crippen molar-refractivity contribution in [3.63, 3.8) is 0 Å². The van der Waals surface area contributed by atoms with E-state index in [1.54, 1.807) is 0 Å². The molecule has 0 fully saturated rings. The van der Waals surface area contributed by atoms with Gasteiger partial charge in [0.05, 0.1) is 0 Å². The van der Waals surface area contributed by atoms with Crippen LogP contribution < -0.4 is 0 Å². The maximum absolute atomic E-state index is 12.8. The quantitative estimate of drug-likeness (QED) is 0.0262. The van der Waals surface area contributed by atoms with Crippen molar-refractivity contribution in [1.29, 1.82) is 0 Å². The molecule has 1 atom stereocenters. The minimum absolute atomic E-state index is 0.104. The van der Waals surface area contributed by atoms with Crippen molar-refractivity contribution < 1.29 is 28.6 Å². The van der Waals surface area contributed by atoms with E-state index in [9.17, 15) is 14.4 Å². The van der Waals surface area contributed by atoms with E-state index in [1.165, 1.54) is 103 Å². The number of carbonyl (C=O) groups is 3. The fourth-order valence-electron chi connectivity index (χ4n) is 7.15. The molecule has 0 aromatic carbocycles. The van der Waals surface area contributed by atoms with Crippen LogP contribution in [0.15, 0.2) is 85.1 Å². The third-order valence-corrected chi connectivity index (χ3v) is 11.1. The Labute approximate surface area is 395 Å². The molecule has 0 heterocycles. The monoisotopic (exact) mass is 891 g/mol. The van der Waals surface area contributed by atoms with Gasteiger partial charge < -0.3 is 14.2 Å². The van der Waals surface area contributed by atoms with Gasteiger partial charge in [-0.1, -0.05) is 221 Å². The van der Waals surface area contributed by atoms with Gasteiger partial charge >= 0.3 is 17.9 Å². The molecular weight excluding hydrogens is 793 g/mol. The van der Waals surface area contributed by atoms with Crippen LogP contribution in [0.25, 0.3) is 0 Å². The Balaban J connectivity index is 4.49. The number of ether oxygens (including phenoxy) is 3. The van der Waals surface area contributed by atoms with Gasteiger partial charge in [-0.15, -0.1) is 0 Å². The topological polar surface area (TPSA) is 78.9 Å². The van der Waals surface area contributed by atoms with Crippen molar-refractivity contribution in [1.82, 2.24) is 0 Å². The van der Waals surface area contributed by atoms with Crippen molar-refractivity contribution in [2.75, 3.05) is 13.2 Å². The van der Waals surface area contributed by atoms with Crippen LogP contribution in [0.3, 0.4) is 0 Å². The average molecular weight is 891 g/mol. The number of esters is 3. The van der Waals surface area contributed by atoms with Crippen LogP contribution in [-0.2, 0) is 28.6 Å². The lowest BCUT2D eigenvalue weighted by Crippen LogP contribution is -2.30. The summed E-state index contributed by atoms with van der Waals surface area (Å²) in [6.07, 6.45) is 67.1. The number of hydrogen-bond donors (Lipinski definition) is 0. The van der Waals surface area contributed by atoms with Gasteiger partial charge in [0.15, 0.2) is 6.10 Å². The van der Waals surface area contributed by atoms with Crippen molar-refractivity contribution in [2.24, 2.45) is 0 Å². The predicted molar refractivity (Wildman–Crippen MR) is 274 cm³/mol. The number of rotatable bonds is 47. The number of hydrogen-bond acceptors (Lipinski definition) is 6. The second-order valence-corrected chi connectivity index (χ2v) is 17.4. The lowest BCUT2D eigenvalue weighted by molar-refractivity contribution is -0.167. The molecule has 0 saturated heterocycles. The zero-order valence-corrected chi connectivity index (χ0v) is 41.8. The van der Waals surface area contributed by atoms with Gasteiger partial charge in [-0.05, 0) is 89.9 Å². The smallest absolute Gasteiger partial charge is 0.306 e. The minimum Gasteiger partial charge on any atom is -0.462 e. The van der Waals surface area contributed by atoms with Crippen LogP contribution in [0.5, 0.6) is 0 Å². The first-order chi connectivity index (χ1) is 31.5. The summed E-state index contributed by atoms with van der Waals surface area (Å²) in [5.41, 5.74) is 0. The summed E-state index contributed by atoms with van der Waals surface area (Å²) in [5.74, 6) is -0.979. The van der Waals surface area contributed by atoms with Gasteiger partial charge in [0.25, 0.3) is 0 Å². The summed E-state index contributed by atoms with van der Waals surface area (Å²) in [7, 11) is 0. The van der Waals surface area contributed by atoms with Crippen molar-refractivity contribution in [3.8, 4) is 0 Å². The summed E-state index contributed by atoms with van der Waals surface area (Å²) < 4.78 is 16.8. The molecule has 0 aliphatic carbocycles. The number of unbranched alkanes of at least 4 members (excludes halogenated alkanes) is 22. The fourth-order valence-corrected chi connectivity index (χ4v) is 7.15. The Hall–Kier alpha value is -3.41. The molecule has 6 heteroatoms. The first kappa shape index (κ1) is 60.6. The summed E-state index contributed by atoms with van der Waals surface area (Å²) in [6, 6.07) is 0. The highest BCUT2D eigenvalue weighted by Gasteiger charge is 2.19. The Morgan fingerprint density at radius 1 is 0.328 bits per heavy atom. The maximum atomic E-state index is 12.8. The van der Waals surface area contributed by atoms with Gasteiger partial charge in [-0.2, -0.15) is 0 Å². The van der Waals surface area contributed by atoms with Gasteiger partial charge in [0.1, 0.15) is 13.2 Å². The van der Waals surface area contributed by atoms with Crippen LogP contribution >= 0.6 is 0 Å². The summed E-state index contributed by atoms with van der Waals surface area (Å²) >= 11 is 0. The first-order valence-electron chi connectivity index (χ1n) is 26.6. The zero-order chi connectivity index (χ0) is 46.5. The molecule has 0 bridgehead atoms. The molecule has 0 saturated carbocycles. The number of carbonyl (C=O) groups excluding carboxylic acids is 3. The standard InChI is InChI=1S/C58H98O6/c1-4-7-10-13-16-19-22-25-28-29-31-33-36-39-42-45-48-51-57(60)63-54-55(53-62-56(59)50-47-44-41-38-35-32-27-24-21-18-15-12-9-6-3)64-58(61)52-49-46-43-40-37-34-30-26-23-20-17-14-11-8-5-2/h9,12,16,18-19,21,25,27-28,31-33,39,42,55H,4-8,10-11,13-15,17,20,22-24,26,29-30,34-38,40-41,43-54H2,1-3H3/b12-9-,19-16-,21-18-,28-25-,32-27-,33-31-,42-39-. The van der Waals surface area contributed by atoms with Gasteiger partial charge in [-0.3, -0.25) is 14.4 Å². The van der Waals surface area contributed by atoms with Gasteiger partial charge in [0, 0.05) is 19.3 Å². The molecule has 0 rings (SSSR count). The van der Waals surface area contributed by atoms with E-state index in [-0.39, 0.29) is 37.5 Å². The second-order valence-electron chi connectivity index (χ2n) is 17.4. The largest absolute Gasteiger partial charge is 0.462 e. The fraction of sp³-hybridized carbons (Fsp3) is 0.707. The van der Waals surface area contributed by atoms with Crippen LogP contribution in [0.2, 0.25) is 0 Å². The first-order valence-corrected chi connectivity index (χ1v) is 26.6. The van der Waals surface area contributed by atoms with E-state index in [2.05, 4.69) is 106 Å². The molecule has 0 amide bonds. The maximum Gasteiger partial charge on any atom is 0.306 e. The molecule has 64 heavy (non-hydrogen) atoms. The Kier molecular flexibility index (Phi) is 49.4. The van der Waals surface area contributed by atoms with Crippen LogP contribution in [0.1, 0.15) is 245 Å². The number of allylic oxidation sites excluding steroid dienone is 14. The summed E-state index contributed by atoms with van der Waals surface area (Å²) in [4.78, 5) is 38.0. The lowest BCUT2D eigenvalue weighted by atomic mass is 10.0. The second kappa shape index (κ2) is 52.2. The van der Waals surface area contributed by atoms with E-state index >= 15 is 0 Å². The zero-order valence-electron chi connectivity index (χ0n) is 41.8.